The molecule has 0 bridgehead atoms. The third-order valence-electron chi connectivity index (χ3n) is 6.23. The second-order valence-electron chi connectivity index (χ2n) is 8.41. The van der Waals surface area contributed by atoms with Crippen LogP contribution in [0.1, 0.15) is 44.0 Å². The number of nitrogens with one attached hydrogen (secondary N) is 1. The van der Waals surface area contributed by atoms with Gasteiger partial charge in [-0.15, -0.1) is 0 Å². The van der Waals surface area contributed by atoms with Crippen molar-refractivity contribution in [3.8, 4) is 0 Å². The molecule has 1 N–H and O–H groups in total. The van der Waals surface area contributed by atoms with Gasteiger partial charge in [-0.05, 0) is 62.4 Å². The minimum absolute atomic E-state index is 0.102. The zero-order valence-electron chi connectivity index (χ0n) is 18.2. The maximum atomic E-state index is 12.3. The Morgan fingerprint density at radius 2 is 2.00 bits per heavy atom. The van der Waals surface area contributed by atoms with Gasteiger partial charge in [0.05, 0.1) is 17.6 Å². The summed E-state index contributed by atoms with van der Waals surface area (Å²) in [5, 5.41) is 3.71. The van der Waals surface area contributed by atoms with Crippen molar-refractivity contribution in [1.29, 1.82) is 0 Å². The molecule has 1 atom stereocenters. The van der Waals surface area contributed by atoms with E-state index in [9.17, 15) is 4.79 Å². The summed E-state index contributed by atoms with van der Waals surface area (Å²) in [5.74, 6) is 1.80. The van der Waals surface area contributed by atoms with Gasteiger partial charge in [0.25, 0.3) is 0 Å². The average molecular weight is 439 g/mol. The van der Waals surface area contributed by atoms with E-state index in [1.165, 1.54) is 18.4 Å². The van der Waals surface area contributed by atoms with Gasteiger partial charge in [0.2, 0.25) is 5.91 Å². The summed E-state index contributed by atoms with van der Waals surface area (Å²) in [4.78, 5) is 19.7. The third-order valence-corrected chi connectivity index (χ3v) is 6.60. The van der Waals surface area contributed by atoms with Crippen LogP contribution in [0.25, 0.3) is 11.0 Å². The molecule has 0 spiro atoms. The molecule has 1 fully saturated rings. The van der Waals surface area contributed by atoms with Gasteiger partial charge in [-0.3, -0.25) is 9.69 Å². The molecule has 3 aromatic rings. The number of carbonyl (C=O) groups is 1. The molecule has 1 aliphatic heterocycles. The van der Waals surface area contributed by atoms with Gasteiger partial charge in [-0.25, -0.2) is 4.98 Å². The van der Waals surface area contributed by atoms with E-state index >= 15 is 0 Å². The summed E-state index contributed by atoms with van der Waals surface area (Å²) in [6, 6.07) is 16.0. The number of rotatable bonds is 8. The zero-order chi connectivity index (χ0) is 21.6. The molecular weight excluding hydrogens is 408 g/mol. The fourth-order valence-electron chi connectivity index (χ4n) is 4.59. The highest BCUT2D eigenvalue weighted by Gasteiger charge is 2.22. The molecule has 5 nitrogen and oxygen atoms in total. The van der Waals surface area contributed by atoms with Crippen molar-refractivity contribution >= 4 is 28.5 Å². The molecule has 0 aliphatic carbocycles. The molecule has 1 unspecified atom stereocenters. The topological polar surface area (TPSA) is 50.2 Å². The van der Waals surface area contributed by atoms with Crippen molar-refractivity contribution in [2.45, 2.75) is 52.2 Å². The number of piperidine rings is 1. The number of para-hydroxylation sites is 2. The van der Waals surface area contributed by atoms with Gasteiger partial charge in [0, 0.05) is 31.1 Å². The van der Waals surface area contributed by atoms with Crippen LogP contribution in [0.2, 0.25) is 5.02 Å². The van der Waals surface area contributed by atoms with E-state index in [1.54, 1.807) is 0 Å². The standard InChI is InChI=1S/C25H31ClN4O/c1-2-30-23-12-6-5-11-22(23)28-24(30)18-29-15-7-8-19(17-29)13-14-25(31)27-16-20-9-3-4-10-21(20)26/h3-6,9-12,19H,2,7-8,13-18H2,1H3,(H,27,31). The molecule has 0 radical (unpaired) electrons. The monoisotopic (exact) mass is 438 g/mol. The Bertz CT molecular complexity index is 1030. The summed E-state index contributed by atoms with van der Waals surface area (Å²) < 4.78 is 2.32. The largest absolute Gasteiger partial charge is 0.352 e. The Kier molecular flexibility index (Phi) is 7.25. The predicted octanol–water partition coefficient (Wildman–Crippen LogP) is 5.02. The number of aryl methyl sites for hydroxylation is 1. The fraction of sp³-hybridized carbons (Fsp3) is 0.440. The lowest BCUT2D eigenvalue weighted by Gasteiger charge is -2.32. The smallest absolute Gasteiger partial charge is 0.220 e. The van der Waals surface area contributed by atoms with Crippen LogP contribution in [0.15, 0.2) is 48.5 Å². The second kappa shape index (κ2) is 10.3. The maximum Gasteiger partial charge on any atom is 0.220 e. The molecule has 1 amide bonds. The average Bonchev–Trinajstić information content (AvgIpc) is 3.14. The van der Waals surface area contributed by atoms with Crippen LogP contribution in [-0.4, -0.2) is 33.4 Å². The molecule has 31 heavy (non-hydrogen) atoms. The van der Waals surface area contributed by atoms with Crippen molar-refractivity contribution in [2.75, 3.05) is 13.1 Å². The number of hydrogen-bond acceptors (Lipinski definition) is 3. The first-order valence-electron chi connectivity index (χ1n) is 11.3. The van der Waals surface area contributed by atoms with E-state index in [-0.39, 0.29) is 5.91 Å². The van der Waals surface area contributed by atoms with Gasteiger partial charge in [-0.1, -0.05) is 41.9 Å². The lowest BCUT2D eigenvalue weighted by Crippen LogP contribution is -2.36. The number of halogens is 1. The third kappa shape index (κ3) is 5.46. The van der Waals surface area contributed by atoms with Crippen LogP contribution in [0, 0.1) is 5.92 Å². The lowest BCUT2D eigenvalue weighted by molar-refractivity contribution is -0.121. The number of nitrogens with zero attached hydrogens (tertiary/aromatic N) is 3. The van der Waals surface area contributed by atoms with Crippen LogP contribution < -0.4 is 5.32 Å². The Morgan fingerprint density at radius 1 is 1.19 bits per heavy atom. The van der Waals surface area contributed by atoms with Crippen molar-refractivity contribution in [3.63, 3.8) is 0 Å². The van der Waals surface area contributed by atoms with Crippen molar-refractivity contribution in [2.24, 2.45) is 5.92 Å². The number of fused-ring (bicyclic) bond motifs is 1. The van der Waals surface area contributed by atoms with E-state index in [0.29, 0.717) is 23.9 Å². The van der Waals surface area contributed by atoms with Gasteiger partial charge in [0.1, 0.15) is 5.82 Å². The summed E-state index contributed by atoms with van der Waals surface area (Å²) in [6.45, 7) is 6.60. The molecule has 1 aromatic heterocycles. The van der Waals surface area contributed by atoms with E-state index in [0.717, 1.165) is 49.5 Å². The van der Waals surface area contributed by atoms with E-state index < -0.39 is 0 Å². The highest BCUT2D eigenvalue weighted by atomic mass is 35.5. The first-order valence-corrected chi connectivity index (χ1v) is 11.7. The highest BCUT2D eigenvalue weighted by Crippen LogP contribution is 2.24. The van der Waals surface area contributed by atoms with E-state index in [2.05, 4.69) is 39.9 Å². The first kappa shape index (κ1) is 21.8. The summed E-state index contributed by atoms with van der Waals surface area (Å²) >= 11 is 6.17. The van der Waals surface area contributed by atoms with Crippen molar-refractivity contribution < 1.29 is 4.79 Å². The number of amides is 1. The number of carbonyl (C=O) groups excluding carboxylic acids is 1. The molecule has 164 valence electrons. The predicted molar refractivity (Wildman–Crippen MR) is 126 cm³/mol. The maximum absolute atomic E-state index is 12.3. The second-order valence-corrected chi connectivity index (χ2v) is 8.82. The molecule has 0 saturated carbocycles. The molecule has 2 heterocycles. The lowest BCUT2D eigenvalue weighted by atomic mass is 9.93. The van der Waals surface area contributed by atoms with Gasteiger partial charge >= 0.3 is 0 Å². The first-order chi connectivity index (χ1) is 15.1. The molecule has 1 aliphatic rings. The quantitative estimate of drug-likeness (QED) is 0.537. The Balaban J connectivity index is 1.28. The normalized spacial score (nSPS) is 17.2. The highest BCUT2D eigenvalue weighted by molar-refractivity contribution is 6.31. The molecule has 1 saturated heterocycles. The molecule has 2 aromatic carbocycles. The fourth-order valence-corrected chi connectivity index (χ4v) is 4.79. The molecule has 6 heteroatoms. The summed E-state index contributed by atoms with van der Waals surface area (Å²) in [6.07, 6.45) is 3.86. The van der Waals surface area contributed by atoms with Gasteiger partial charge in [0.15, 0.2) is 0 Å². The Labute approximate surface area is 189 Å². The van der Waals surface area contributed by atoms with E-state index in [4.69, 9.17) is 16.6 Å². The van der Waals surface area contributed by atoms with Crippen LogP contribution in [0.4, 0.5) is 0 Å². The minimum Gasteiger partial charge on any atom is -0.352 e. The Morgan fingerprint density at radius 3 is 2.84 bits per heavy atom. The van der Waals surface area contributed by atoms with Gasteiger partial charge in [-0.2, -0.15) is 0 Å². The van der Waals surface area contributed by atoms with Crippen LogP contribution in [0.5, 0.6) is 0 Å². The number of likely N-dealkylation sites (tertiary alicyclic amines) is 1. The van der Waals surface area contributed by atoms with E-state index in [1.807, 2.05) is 30.3 Å². The van der Waals surface area contributed by atoms with Crippen LogP contribution in [-0.2, 0) is 24.4 Å². The molecular formula is C25H31ClN4O. The summed E-state index contributed by atoms with van der Waals surface area (Å²) in [5.41, 5.74) is 3.24. The number of hydrogen-bond donors (Lipinski definition) is 1. The SMILES string of the molecule is CCn1c(CN2CCCC(CCC(=O)NCc3ccccc3Cl)C2)nc2ccccc21. The molecule has 4 rings (SSSR count). The van der Waals surface area contributed by atoms with Crippen LogP contribution in [0.3, 0.4) is 0 Å². The minimum atomic E-state index is 0.102. The zero-order valence-corrected chi connectivity index (χ0v) is 18.9. The number of aromatic nitrogens is 2. The van der Waals surface area contributed by atoms with Crippen LogP contribution >= 0.6 is 11.6 Å². The van der Waals surface area contributed by atoms with Crippen molar-refractivity contribution in [1.82, 2.24) is 19.8 Å². The summed E-state index contributed by atoms with van der Waals surface area (Å²) in [7, 11) is 0. The van der Waals surface area contributed by atoms with Crippen molar-refractivity contribution in [3.05, 3.63) is 64.9 Å². The van der Waals surface area contributed by atoms with Gasteiger partial charge < -0.3 is 9.88 Å². The number of benzene rings is 2. The Hall–Kier alpha value is -2.37. The number of imidazole rings is 1.